The van der Waals surface area contributed by atoms with E-state index in [2.05, 4.69) is 0 Å². The number of rotatable bonds is 10. The first-order chi connectivity index (χ1) is 18.3. The van der Waals surface area contributed by atoms with Crippen molar-refractivity contribution >= 4 is 5.97 Å². The molecule has 0 spiro atoms. The minimum atomic E-state index is -4.44. The van der Waals surface area contributed by atoms with Crippen LogP contribution in [0, 0.1) is 11.8 Å². The normalized spacial score (nSPS) is 32.6. The molecule has 10 heteroatoms. The lowest BCUT2D eigenvalue weighted by molar-refractivity contribution is -0.202. The van der Waals surface area contributed by atoms with Crippen LogP contribution in [0.2, 0.25) is 0 Å². The number of benzene rings is 1. The first-order valence-electron chi connectivity index (χ1n) is 13.9. The Morgan fingerprint density at radius 1 is 1.03 bits per heavy atom. The molecular weight excluding hydrogens is 505 g/mol. The van der Waals surface area contributed by atoms with Crippen molar-refractivity contribution in [3.8, 4) is 5.75 Å². The summed E-state index contributed by atoms with van der Waals surface area (Å²) in [6.45, 7) is 1.40. The summed E-state index contributed by atoms with van der Waals surface area (Å²) < 4.78 is 75.1. The van der Waals surface area contributed by atoms with Gasteiger partial charge in [-0.2, -0.15) is 13.2 Å². The molecule has 38 heavy (non-hydrogen) atoms. The van der Waals surface area contributed by atoms with E-state index in [1.54, 1.807) is 0 Å². The molecule has 3 aliphatic heterocycles. The average molecular weight is 543 g/mol. The van der Waals surface area contributed by atoms with Gasteiger partial charge in [-0.25, -0.2) is 0 Å². The maximum absolute atomic E-state index is 13.2. The topological polar surface area (TPSA) is 72.5 Å². The highest BCUT2D eigenvalue weighted by molar-refractivity contribution is 5.72. The van der Waals surface area contributed by atoms with Crippen molar-refractivity contribution in [1.29, 1.82) is 0 Å². The van der Waals surface area contributed by atoms with Gasteiger partial charge in [0, 0.05) is 25.6 Å². The number of fused-ring (bicyclic) bond motifs is 1. The van der Waals surface area contributed by atoms with Crippen LogP contribution in [0.5, 0.6) is 5.75 Å². The van der Waals surface area contributed by atoms with Gasteiger partial charge in [0.25, 0.3) is 0 Å². The summed E-state index contributed by atoms with van der Waals surface area (Å²) in [5.41, 5.74) is -0.754. The first kappa shape index (κ1) is 27.7. The van der Waals surface area contributed by atoms with Gasteiger partial charge in [-0.05, 0) is 75.5 Å². The van der Waals surface area contributed by atoms with Crippen LogP contribution >= 0.6 is 0 Å². The van der Waals surface area contributed by atoms with E-state index >= 15 is 0 Å². The van der Waals surface area contributed by atoms with Crippen LogP contribution in [-0.4, -0.2) is 56.7 Å². The van der Waals surface area contributed by atoms with Gasteiger partial charge in [0.05, 0.1) is 24.2 Å². The molecule has 4 fully saturated rings. The van der Waals surface area contributed by atoms with Crippen LogP contribution in [0.15, 0.2) is 24.3 Å². The van der Waals surface area contributed by atoms with Crippen LogP contribution in [0.1, 0.15) is 69.8 Å². The van der Waals surface area contributed by atoms with E-state index in [9.17, 15) is 18.0 Å². The molecule has 7 atom stereocenters. The van der Waals surface area contributed by atoms with Gasteiger partial charge in [0.15, 0.2) is 12.6 Å². The number of carbonyl (C=O) groups excluding carboxylic acids is 1. The molecule has 5 rings (SSSR count). The Hall–Kier alpha value is -1.88. The summed E-state index contributed by atoms with van der Waals surface area (Å²) in [6.07, 6.45) is 2.34. The molecule has 0 radical (unpaired) electrons. The molecule has 212 valence electrons. The van der Waals surface area contributed by atoms with Crippen LogP contribution < -0.4 is 4.74 Å². The third-order valence-corrected chi connectivity index (χ3v) is 8.02. The number of halogens is 3. The second-order valence-electron chi connectivity index (χ2n) is 10.7. The predicted octanol–water partition coefficient (Wildman–Crippen LogP) is 5.64. The molecule has 3 heterocycles. The van der Waals surface area contributed by atoms with Crippen molar-refractivity contribution in [3.63, 3.8) is 0 Å². The average Bonchev–Trinajstić information content (AvgIpc) is 3.42. The van der Waals surface area contributed by atoms with Gasteiger partial charge in [-0.1, -0.05) is 6.07 Å². The lowest BCUT2D eigenvalue weighted by Crippen LogP contribution is -2.34. The predicted molar refractivity (Wildman–Crippen MR) is 129 cm³/mol. The minimum Gasteiger partial charge on any atom is -0.491 e. The zero-order chi connectivity index (χ0) is 26.5. The molecule has 0 N–H and O–H groups in total. The molecular formula is C28H37F3O7. The highest BCUT2D eigenvalue weighted by Gasteiger charge is 2.51. The Balaban J connectivity index is 1.24. The van der Waals surface area contributed by atoms with Crippen molar-refractivity contribution in [3.05, 3.63) is 29.8 Å². The molecule has 1 saturated carbocycles. The van der Waals surface area contributed by atoms with Gasteiger partial charge in [-0.3, -0.25) is 4.79 Å². The second kappa shape index (κ2) is 12.5. The molecule has 1 aliphatic carbocycles. The van der Waals surface area contributed by atoms with Crippen molar-refractivity contribution < 1.29 is 46.4 Å². The second-order valence-corrected chi connectivity index (χ2v) is 10.7. The number of esters is 1. The van der Waals surface area contributed by atoms with E-state index in [1.165, 1.54) is 12.1 Å². The third kappa shape index (κ3) is 7.20. The van der Waals surface area contributed by atoms with Crippen LogP contribution in [-0.2, 0) is 34.7 Å². The monoisotopic (exact) mass is 542 g/mol. The summed E-state index contributed by atoms with van der Waals surface area (Å²) >= 11 is 0. The summed E-state index contributed by atoms with van der Waals surface area (Å²) in [5.74, 6) is 0.133. The fraction of sp³-hybridized carbons (Fsp3) is 0.750. The van der Waals surface area contributed by atoms with Crippen molar-refractivity contribution in [1.82, 2.24) is 0 Å². The number of carbonyl (C=O) groups is 1. The molecule has 0 bridgehead atoms. The fourth-order valence-electron chi connectivity index (χ4n) is 6.08. The van der Waals surface area contributed by atoms with Crippen LogP contribution in [0.3, 0.4) is 0 Å². The van der Waals surface area contributed by atoms with Gasteiger partial charge in [0.2, 0.25) is 0 Å². The molecule has 0 aromatic heterocycles. The van der Waals surface area contributed by atoms with Crippen molar-refractivity contribution in [2.24, 2.45) is 11.8 Å². The summed E-state index contributed by atoms with van der Waals surface area (Å²) in [6, 6.07) is 4.88. The Morgan fingerprint density at radius 3 is 2.50 bits per heavy atom. The molecule has 7 nitrogen and oxygen atoms in total. The Morgan fingerprint density at radius 2 is 1.79 bits per heavy atom. The summed E-state index contributed by atoms with van der Waals surface area (Å²) in [4.78, 5) is 12.0. The smallest absolute Gasteiger partial charge is 0.416 e. The van der Waals surface area contributed by atoms with E-state index in [-0.39, 0.29) is 54.9 Å². The molecule has 1 aromatic carbocycles. The zero-order valence-corrected chi connectivity index (χ0v) is 21.5. The molecule has 1 aromatic rings. The van der Waals surface area contributed by atoms with Crippen LogP contribution in [0.4, 0.5) is 13.2 Å². The number of alkyl halides is 3. The molecule has 0 amide bonds. The number of hydrogen-bond acceptors (Lipinski definition) is 7. The summed E-state index contributed by atoms with van der Waals surface area (Å²) in [7, 11) is 0. The van der Waals surface area contributed by atoms with Gasteiger partial charge >= 0.3 is 12.1 Å². The van der Waals surface area contributed by atoms with E-state index in [0.29, 0.717) is 38.9 Å². The molecule has 3 saturated heterocycles. The number of hydrogen-bond donors (Lipinski definition) is 0. The SMILES string of the molecule is O=C1CC2C(CC(OC3CCCCO3)C2CCC(COc2cccc(C(F)(F)F)c2)OC2CCCCO2)O1. The third-order valence-electron chi connectivity index (χ3n) is 8.02. The van der Waals surface area contributed by atoms with E-state index in [4.69, 9.17) is 28.4 Å². The van der Waals surface area contributed by atoms with Crippen molar-refractivity contribution in [2.75, 3.05) is 19.8 Å². The Labute approximate surface area is 221 Å². The Kier molecular flexibility index (Phi) is 9.13. The standard InChI is InChI=1S/C28H37F3O7/c29-28(30,31)18-6-5-7-19(14-18)35-17-20(36-26-8-1-3-12-33-26)10-11-21-22-15-25(32)37-24(22)16-23(21)38-27-9-2-4-13-34-27/h5-7,14,20-24,26-27H,1-4,8-13,15-17H2. The Bertz CT molecular complexity index is 914. The molecule has 7 unspecified atom stereocenters. The summed E-state index contributed by atoms with van der Waals surface area (Å²) in [5, 5.41) is 0. The van der Waals surface area contributed by atoms with E-state index in [1.807, 2.05) is 0 Å². The molecule has 4 aliphatic rings. The quantitative estimate of drug-likeness (QED) is 0.355. The van der Waals surface area contributed by atoms with E-state index in [0.717, 1.165) is 50.7 Å². The highest BCUT2D eigenvalue weighted by Crippen LogP contribution is 2.46. The van der Waals surface area contributed by atoms with Gasteiger partial charge in [-0.15, -0.1) is 0 Å². The lowest BCUT2D eigenvalue weighted by atomic mass is 9.87. The lowest BCUT2D eigenvalue weighted by Gasteiger charge is -2.32. The number of ether oxygens (including phenoxy) is 6. The zero-order valence-electron chi connectivity index (χ0n) is 21.5. The highest BCUT2D eigenvalue weighted by atomic mass is 19.4. The van der Waals surface area contributed by atoms with Gasteiger partial charge < -0.3 is 28.4 Å². The fourth-order valence-corrected chi connectivity index (χ4v) is 6.08. The first-order valence-corrected chi connectivity index (χ1v) is 13.9. The van der Waals surface area contributed by atoms with Gasteiger partial charge in [0.1, 0.15) is 18.5 Å². The maximum atomic E-state index is 13.2. The largest absolute Gasteiger partial charge is 0.491 e. The minimum absolute atomic E-state index is 0.0760. The maximum Gasteiger partial charge on any atom is 0.416 e. The van der Waals surface area contributed by atoms with E-state index < -0.39 is 17.8 Å². The van der Waals surface area contributed by atoms with Crippen LogP contribution in [0.25, 0.3) is 0 Å². The van der Waals surface area contributed by atoms with Crippen molar-refractivity contribution in [2.45, 2.75) is 101 Å².